The van der Waals surface area contributed by atoms with Gasteiger partial charge in [-0.25, -0.2) is 4.79 Å². The number of aldehydes is 1. The Kier molecular flexibility index (Phi) is 6.28. The molecule has 0 N–H and O–H groups in total. The van der Waals surface area contributed by atoms with E-state index in [4.69, 9.17) is 4.42 Å². The van der Waals surface area contributed by atoms with Crippen molar-refractivity contribution in [2.45, 2.75) is 38.5 Å². The number of carbonyl (C=O) groups is 1. The Morgan fingerprint density at radius 1 is 1.22 bits per heavy atom. The smallest absolute Gasteiger partial charge is 0.348 e. The molecular weight excluding hydrogens is 310 g/mol. The van der Waals surface area contributed by atoms with Crippen LogP contribution < -0.4 is 10.5 Å². The maximum Gasteiger partial charge on any atom is 0.348 e. The summed E-state index contributed by atoms with van der Waals surface area (Å²) in [6, 6.07) is 5.86. The lowest BCUT2D eigenvalue weighted by Crippen LogP contribution is -2.21. The molecule has 0 aliphatic rings. The molecule has 0 spiro atoms. The first kappa shape index (κ1) is 17.6. The largest absolute Gasteiger partial charge is 0.422 e. The molecule has 0 fully saturated rings. The van der Waals surface area contributed by atoms with Crippen molar-refractivity contribution in [1.29, 1.82) is 0 Å². The number of carbonyl (C=O) groups excluding carboxylic acids is 1. The molecule has 0 atom stereocenters. The molecule has 0 amide bonds. The van der Waals surface area contributed by atoms with Gasteiger partial charge in [0.15, 0.2) is 6.29 Å². The number of nitrogens with zero attached hydrogens (tertiary/aromatic N) is 1. The van der Waals surface area contributed by atoms with Crippen LogP contribution in [0, 0.1) is 0 Å². The zero-order valence-electron chi connectivity index (χ0n) is 13.9. The molecule has 5 heteroatoms. The summed E-state index contributed by atoms with van der Waals surface area (Å²) >= 11 is 1.56. The summed E-state index contributed by atoms with van der Waals surface area (Å²) in [5, 5.41) is 0.837. The molecule has 2 rings (SSSR count). The third-order valence-corrected chi connectivity index (χ3v) is 5.09. The first-order chi connectivity index (χ1) is 11.2. The molecule has 0 bridgehead atoms. The van der Waals surface area contributed by atoms with Gasteiger partial charge in [-0.1, -0.05) is 13.3 Å². The van der Waals surface area contributed by atoms with E-state index in [0.29, 0.717) is 11.9 Å². The number of anilines is 1. The minimum absolute atomic E-state index is 0.134. The average molecular weight is 333 g/mol. The lowest BCUT2D eigenvalue weighted by Gasteiger charge is -2.21. The topological polar surface area (TPSA) is 50.5 Å². The monoisotopic (exact) mass is 333 g/mol. The van der Waals surface area contributed by atoms with E-state index in [1.807, 2.05) is 18.2 Å². The molecule has 0 aliphatic carbocycles. The standard InChI is InChI=1S/C18H23NO3S/c1-4-7-10-23-17-14-9-8-13(19(5-2)6-3)11-16(14)22-18(21)15(17)12-20/h8-9,11-12H,4-7,10H2,1-3H3. The zero-order valence-corrected chi connectivity index (χ0v) is 14.7. The van der Waals surface area contributed by atoms with Crippen LogP contribution in [-0.2, 0) is 0 Å². The van der Waals surface area contributed by atoms with E-state index in [0.717, 1.165) is 47.7 Å². The van der Waals surface area contributed by atoms with Gasteiger partial charge in [0.2, 0.25) is 0 Å². The molecule has 0 radical (unpaired) electrons. The third kappa shape index (κ3) is 3.78. The van der Waals surface area contributed by atoms with E-state index in [1.165, 1.54) is 0 Å². The molecule has 1 aromatic carbocycles. The van der Waals surface area contributed by atoms with Crippen LogP contribution in [0.4, 0.5) is 5.69 Å². The molecule has 1 aromatic heterocycles. The van der Waals surface area contributed by atoms with E-state index in [1.54, 1.807) is 11.8 Å². The van der Waals surface area contributed by atoms with Gasteiger partial charge in [-0.15, -0.1) is 11.8 Å². The zero-order chi connectivity index (χ0) is 16.8. The van der Waals surface area contributed by atoms with Crippen molar-refractivity contribution in [3.05, 3.63) is 34.2 Å². The number of rotatable bonds is 8. The molecule has 23 heavy (non-hydrogen) atoms. The Balaban J connectivity index is 2.57. The fraction of sp³-hybridized carbons (Fsp3) is 0.444. The fourth-order valence-corrected chi connectivity index (χ4v) is 3.79. The summed E-state index contributed by atoms with van der Waals surface area (Å²) in [5.41, 5.74) is 1.15. The van der Waals surface area contributed by atoms with Crippen LogP contribution in [0.1, 0.15) is 44.0 Å². The summed E-state index contributed by atoms with van der Waals surface area (Å²) in [6.45, 7) is 8.07. The number of hydrogen-bond acceptors (Lipinski definition) is 5. The van der Waals surface area contributed by atoms with Crippen LogP contribution in [0.5, 0.6) is 0 Å². The second kappa shape index (κ2) is 8.20. The van der Waals surface area contributed by atoms with Crippen molar-refractivity contribution in [3.63, 3.8) is 0 Å². The van der Waals surface area contributed by atoms with Crippen LogP contribution >= 0.6 is 11.8 Å². The van der Waals surface area contributed by atoms with Crippen LogP contribution in [-0.4, -0.2) is 25.1 Å². The Bertz CT molecular complexity index is 735. The van der Waals surface area contributed by atoms with Gasteiger partial charge in [0.05, 0.1) is 0 Å². The van der Waals surface area contributed by atoms with Gasteiger partial charge in [0.1, 0.15) is 11.1 Å². The van der Waals surface area contributed by atoms with Gasteiger partial charge in [-0.2, -0.15) is 0 Å². The van der Waals surface area contributed by atoms with Gasteiger partial charge in [-0.05, 0) is 38.2 Å². The van der Waals surface area contributed by atoms with Gasteiger partial charge in [0.25, 0.3) is 0 Å². The quantitative estimate of drug-likeness (QED) is 0.311. The van der Waals surface area contributed by atoms with Crippen LogP contribution in [0.25, 0.3) is 11.0 Å². The van der Waals surface area contributed by atoms with E-state index >= 15 is 0 Å². The number of fused-ring (bicyclic) bond motifs is 1. The van der Waals surface area contributed by atoms with E-state index in [2.05, 4.69) is 25.7 Å². The predicted octanol–water partition coefficient (Wildman–Crippen LogP) is 4.34. The number of hydrogen-bond donors (Lipinski definition) is 0. The van der Waals surface area contributed by atoms with Gasteiger partial charge in [-0.3, -0.25) is 4.79 Å². The molecule has 0 saturated heterocycles. The van der Waals surface area contributed by atoms with Crippen molar-refractivity contribution in [2.75, 3.05) is 23.7 Å². The van der Waals surface area contributed by atoms with Crippen LogP contribution in [0.2, 0.25) is 0 Å². The third-order valence-electron chi connectivity index (χ3n) is 3.87. The first-order valence-electron chi connectivity index (χ1n) is 8.09. The second-order valence-electron chi connectivity index (χ2n) is 5.30. The number of thioether (sulfide) groups is 1. The summed E-state index contributed by atoms with van der Waals surface area (Å²) in [7, 11) is 0. The summed E-state index contributed by atoms with van der Waals surface area (Å²) in [5.74, 6) is 0.883. The van der Waals surface area contributed by atoms with Crippen molar-refractivity contribution in [3.8, 4) is 0 Å². The van der Waals surface area contributed by atoms with E-state index < -0.39 is 5.63 Å². The second-order valence-corrected chi connectivity index (χ2v) is 6.41. The SMILES string of the molecule is CCCCSc1c(C=O)c(=O)oc2cc(N(CC)CC)ccc12. The molecule has 2 aromatic rings. The van der Waals surface area contributed by atoms with Crippen molar-refractivity contribution >= 4 is 34.7 Å². The minimum Gasteiger partial charge on any atom is -0.422 e. The molecule has 0 unspecified atom stereocenters. The first-order valence-corrected chi connectivity index (χ1v) is 9.08. The fourth-order valence-electron chi connectivity index (χ4n) is 2.54. The maximum atomic E-state index is 12.1. The van der Waals surface area contributed by atoms with Gasteiger partial charge >= 0.3 is 5.63 Å². The summed E-state index contributed by atoms with van der Waals surface area (Å²) in [4.78, 5) is 26.4. The van der Waals surface area contributed by atoms with Crippen molar-refractivity contribution in [2.24, 2.45) is 0 Å². The molecular formula is C18H23NO3S. The Hall–Kier alpha value is -1.75. The normalized spacial score (nSPS) is 10.9. The Labute approximate surface area is 140 Å². The van der Waals surface area contributed by atoms with Crippen LogP contribution in [0.15, 0.2) is 32.3 Å². The summed E-state index contributed by atoms with van der Waals surface area (Å²) in [6.07, 6.45) is 2.73. The lowest BCUT2D eigenvalue weighted by atomic mass is 10.1. The number of unbranched alkanes of at least 4 members (excludes halogenated alkanes) is 1. The van der Waals surface area contributed by atoms with Crippen molar-refractivity contribution in [1.82, 2.24) is 0 Å². The molecule has 0 saturated carbocycles. The van der Waals surface area contributed by atoms with E-state index in [-0.39, 0.29) is 5.56 Å². The lowest BCUT2D eigenvalue weighted by molar-refractivity contribution is 0.111. The highest BCUT2D eigenvalue weighted by atomic mass is 32.2. The number of benzene rings is 1. The minimum atomic E-state index is -0.553. The van der Waals surface area contributed by atoms with Crippen molar-refractivity contribution < 1.29 is 9.21 Å². The molecule has 124 valence electrons. The highest BCUT2D eigenvalue weighted by Gasteiger charge is 2.15. The highest BCUT2D eigenvalue weighted by molar-refractivity contribution is 7.99. The molecule has 4 nitrogen and oxygen atoms in total. The Morgan fingerprint density at radius 3 is 2.57 bits per heavy atom. The molecule has 0 aliphatic heterocycles. The predicted molar refractivity (Wildman–Crippen MR) is 97.1 cm³/mol. The van der Waals surface area contributed by atoms with Gasteiger partial charge < -0.3 is 9.32 Å². The average Bonchev–Trinajstić information content (AvgIpc) is 2.55. The van der Waals surface area contributed by atoms with Crippen LogP contribution in [0.3, 0.4) is 0 Å². The molecule has 1 heterocycles. The van der Waals surface area contributed by atoms with Gasteiger partial charge in [0, 0.05) is 35.1 Å². The highest BCUT2D eigenvalue weighted by Crippen LogP contribution is 2.32. The Morgan fingerprint density at radius 2 is 1.96 bits per heavy atom. The van der Waals surface area contributed by atoms with E-state index in [9.17, 15) is 9.59 Å². The summed E-state index contributed by atoms with van der Waals surface area (Å²) < 4.78 is 5.38. The maximum absolute atomic E-state index is 12.1.